The van der Waals surface area contributed by atoms with Crippen LogP contribution in [0.25, 0.3) is 10.9 Å². The molecular weight excluding hydrogens is 505 g/mol. The number of nitrogens with two attached hydrogens (primary N) is 1. The summed E-state index contributed by atoms with van der Waals surface area (Å²) in [5.41, 5.74) is 9.05. The van der Waals surface area contributed by atoms with E-state index in [0.29, 0.717) is 13.1 Å². The summed E-state index contributed by atoms with van der Waals surface area (Å²) < 4.78 is 16.6. The molecule has 7 nitrogen and oxygen atoms in total. The van der Waals surface area contributed by atoms with Crippen LogP contribution >= 0.6 is 0 Å². The van der Waals surface area contributed by atoms with Crippen molar-refractivity contribution in [1.82, 2.24) is 20.1 Å². The zero-order valence-corrected chi connectivity index (χ0v) is 23.2. The second kappa shape index (κ2) is 11.3. The summed E-state index contributed by atoms with van der Waals surface area (Å²) in [5.74, 6) is -0.316. The Bertz CT molecular complexity index is 1370. The highest BCUT2D eigenvalue weighted by Crippen LogP contribution is 2.41. The Balaban J connectivity index is 1.33. The molecule has 1 aliphatic carbocycles. The Kier molecular flexibility index (Phi) is 7.64. The van der Waals surface area contributed by atoms with E-state index in [9.17, 15) is 14.0 Å². The van der Waals surface area contributed by atoms with Gasteiger partial charge in [0.2, 0.25) is 11.8 Å². The zero-order chi connectivity index (χ0) is 27.8. The quantitative estimate of drug-likeness (QED) is 0.420. The minimum Gasteiger partial charge on any atom is -0.343 e. The summed E-state index contributed by atoms with van der Waals surface area (Å²) in [6.07, 6.45) is 8.25. The molecular formula is C32H40FN5O2. The second-order valence-corrected chi connectivity index (χ2v) is 12.0. The first-order valence-corrected chi connectivity index (χ1v) is 14.8. The third-order valence-corrected chi connectivity index (χ3v) is 9.32. The number of carbonyl (C=O) groups excluding carboxylic acids is 2. The molecule has 1 saturated carbocycles. The molecule has 0 bridgehead atoms. The van der Waals surface area contributed by atoms with Gasteiger partial charge in [-0.3, -0.25) is 9.59 Å². The molecule has 5 unspecified atom stereocenters. The highest BCUT2D eigenvalue weighted by atomic mass is 19.1. The van der Waals surface area contributed by atoms with E-state index in [2.05, 4.69) is 33.5 Å². The molecule has 4 N–H and O–H groups in total. The van der Waals surface area contributed by atoms with Gasteiger partial charge in [-0.15, -0.1) is 0 Å². The number of aromatic nitrogens is 1. The van der Waals surface area contributed by atoms with Crippen LogP contribution in [-0.4, -0.2) is 58.5 Å². The SMILES string of the molecule is CC(N)C(=O)NC(C(=O)N1CCC2NCC(c3cn(Cc4ccccc4)c4cc(F)ccc34)C21)C1CCCCC1. The van der Waals surface area contributed by atoms with Crippen molar-refractivity contribution in [2.45, 2.75) is 82.1 Å². The third-order valence-electron chi connectivity index (χ3n) is 9.32. The van der Waals surface area contributed by atoms with Crippen LogP contribution in [0.4, 0.5) is 4.39 Å². The Labute approximate surface area is 235 Å². The highest BCUT2D eigenvalue weighted by Gasteiger charge is 2.49. The minimum atomic E-state index is -0.665. The molecule has 212 valence electrons. The van der Waals surface area contributed by atoms with Gasteiger partial charge in [0.1, 0.15) is 11.9 Å². The van der Waals surface area contributed by atoms with Gasteiger partial charge in [-0.25, -0.2) is 4.39 Å². The largest absolute Gasteiger partial charge is 0.343 e. The highest BCUT2D eigenvalue weighted by molar-refractivity contribution is 5.90. The van der Waals surface area contributed by atoms with Crippen molar-refractivity contribution in [1.29, 1.82) is 0 Å². The number of halogens is 1. The monoisotopic (exact) mass is 545 g/mol. The van der Waals surface area contributed by atoms with Crippen LogP contribution in [0, 0.1) is 11.7 Å². The molecule has 1 aromatic heterocycles. The minimum absolute atomic E-state index is 0.0150. The fourth-order valence-electron chi connectivity index (χ4n) is 7.30. The van der Waals surface area contributed by atoms with Crippen molar-refractivity contribution in [2.24, 2.45) is 11.7 Å². The van der Waals surface area contributed by atoms with Crippen molar-refractivity contribution in [3.05, 3.63) is 71.7 Å². The van der Waals surface area contributed by atoms with Gasteiger partial charge in [0.15, 0.2) is 0 Å². The van der Waals surface area contributed by atoms with Gasteiger partial charge < -0.3 is 25.8 Å². The number of amides is 2. The van der Waals surface area contributed by atoms with Crippen LogP contribution in [-0.2, 0) is 16.1 Å². The molecule has 2 saturated heterocycles. The fourth-order valence-corrected chi connectivity index (χ4v) is 7.30. The average molecular weight is 546 g/mol. The lowest BCUT2D eigenvalue weighted by atomic mass is 9.82. The predicted octanol–water partition coefficient (Wildman–Crippen LogP) is 3.90. The van der Waals surface area contributed by atoms with E-state index in [-0.39, 0.29) is 41.6 Å². The molecule has 5 atom stereocenters. The molecule has 0 radical (unpaired) electrons. The van der Waals surface area contributed by atoms with E-state index in [1.54, 1.807) is 13.0 Å². The summed E-state index contributed by atoms with van der Waals surface area (Å²) in [6, 6.07) is 14.2. The molecule has 3 heterocycles. The molecule has 2 aromatic carbocycles. The fraction of sp³-hybridized carbons (Fsp3) is 0.500. The van der Waals surface area contributed by atoms with Crippen LogP contribution in [0.15, 0.2) is 54.7 Å². The van der Waals surface area contributed by atoms with Gasteiger partial charge in [-0.05, 0) is 61.4 Å². The van der Waals surface area contributed by atoms with E-state index in [1.807, 2.05) is 29.2 Å². The molecule has 6 rings (SSSR count). The van der Waals surface area contributed by atoms with Gasteiger partial charge in [0.05, 0.1) is 17.6 Å². The average Bonchev–Trinajstić information content (AvgIpc) is 3.66. The van der Waals surface area contributed by atoms with E-state index < -0.39 is 12.1 Å². The lowest BCUT2D eigenvalue weighted by molar-refractivity contribution is -0.139. The van der Waals surface area contributed by atoms with E-state index in [1.165, 1.54) is 12.5 Å². The van der Waals surface area contributed by atoms with E-state index in [4.69, 9.17) is 5.73 Å². The third kappa shape index (κ3) is 5.15. The number of nitrogens with one attached hydrogen (secondary N) is 2. The standard InChI is InChI=1S/C32H40FN5O2/c1-20(34)31(39)36-29(22-10-6-3-7-11-22)32(40)38-15-14-27-30(38)25(17-35-27)26-19-37(18-21-8-4-2-5-9-21)28-16-23(33)12-13-24(26)28/h2,4-5,8-9,12-13,16,19-20,22,25,27,29-30,35H,3,6-7,10-11,14-15,17-18,34H2,1H3,(H,36,39). The van der Waals surface area contributed by atoms with Crippen molar-refractivity contribution < 1.29 is 14.0 Å². The number of carbonyl (C=O) groups is 2. The molecule has 3 aliphatic rings. The van der Waals surface area contributed by atoms with Gasteiger partial charge in [0, 0.05) is 43.2 Å². The molecule has 3 aromatic rings. The maximum Gasteiger partial charge on any atom is 0.245 e. The smallest absolute Gasteiger partial charge is 0.245 e. The van der Waals surface area contributed by atoms with E-state index >= 15 is 0 Å². The van der Waals surface area contributed by atoms with Crippen molar-refractivity contribution >= 4 is 22.7 Å². The van der Waals surface area contributed by atoms with Crippen LogP contribution in [0.2, 0.25) is 0 Å². The summed E-state index contributed by atoms with van der Waals surface area (Å²) in [7, 11) is 0. The van der Waals surface area contributed by atoms with E-state index in [0.717, 1.165) is 60.7 Å². The van der Waals surface area contributed by atoms with Gasteiger partial charge >= 0.3 is 0 Å². The number of hydrogen-bond acceptors (Lipinski definition) is 4. The zero-order valence-electron chi connectivity index (χ0n) is 23.2. The van der Waals surface area contributed by atoms with Crippen LogP contribution in [0.3, 0.4) is 0 Å². The number of benzene rings is 2. The van der Waals surface area contributed by atoms with Crippen LogP contribution in [0.1, 0.15) is 62.5 Å². The molecule has 3 fully saturated rings. The summed E-state index contributed by atoms with van der Waals surface area (Å²) >= 11 is 0. The maximum absolute atomic E-state index is 14.4. The normalized spacial score (nSPS) is 24.7. The lowest BCUT2D eigenvalue weighted by Gasteiger charge is -2.36. The first-order chi connectivity index (χ1) is 19.4. The molecule has 2 aliphatic heterocycles. The van der Waals surface area contributed by atoms with Gasteiger partial charge in [0.25, 0.3) is 0 Å². The Morgan fingerprint density at radius 3 is 2.62 bits per heavy atom. The molecule has 8 heteroatoms. The Hall–Kier alpha value is -3.23. The summed E-state index contributed by atoms with van der Waals surface area (Å²) in [5, 5.41) is 7.75. The van der Waals surface area contributed by atoms with Crippen molar-refractivity contribution in [2.75, 3.05) is 13.1 Å². The first-order valence-electron chi connectivity index (χ1n) is 14.8. The van der Waals surface area contributed by atoms with Crippen molar-refractivity contribution in [3.63, 3.8) is 0 Å². The summed E-state index contributed by atoms with van der Waals surface area (Å²) in [6.45, 7) is 3.72. The topological polar surface area (TPSA) is 92.4 Å². The van der Waals surface area contributed by atoms with Gasteiger partial charge in [-0.2, -0.15) is 0 Å². The molecule has 40 heavy (non-hydrogen) atoms. The number of likely N-dealkylation sites (tertiary alicyclic amines) is 1. The summed E-state index contributed by atoms with van der Waals surface area (Å²) in [4.78, 5) is 29.0. The first kappa shape index (κ1) is 27.0. The van der Waals surface area contributed by atoms with Crippen LogP contribution < -0.4 is 16.4 Å². The van der Waals surface area contributed by atoms with Crippen molar-refractivity contribution in [3.8, 4) is 0 Å². The van der Waals surface area contributed by atoms with Crippen LogP contribution in [0.5, 0.6) is 0 Å². The maximum atomic E-state index is 14.4. The number of fused-ring (bicyclic) bond motifs is 2. The molecule has 2 amide bonds. The second-order valence-electron chi connectivity index (χ2n) is 12.0. The Morgan fingerprint density at radius 2 is 1.88 bits per heavy atom. The number of hydrogen-bond donors (Lipinski definition) is 3. The predicted molar refractivity (Wildman–Crippen MR) is 154 cm³/mol. The Morgan fingerprint density at radius 1 is 1.10 bits per heavy atom. The number of rotatable bonds is 7. The van der Waals surface area contributed by atoms with Gasteiger partial charge in [-0.1, -0.05) is 49.6 Å². The molecule has 0 spiro atoms. The number of nitrogens with zero attached hydrogens (tertiary/aromatic N) is 2. The lowest BCUT2D eigenvalue weighted by Crippen LogP contribution is -2.57.